The molecule has 0 fully saturated rings. The fraction of sp³-hybridized carbons (Fsp3) is 0.182. The Morgan fingerprint density at radius 3 is 2.50 bits per heavy atom. The number of halogens is 2. The summed E-state index contributed by atoms with van der Waals surface area (Å²) in [4.78, 5) is 23.5. The second-order valence-corrected chi connectivity index (χ2v) is 8.16. The van der Waals surface area contributed by atoms with Gasteiger partial charge in [-0.05, 0) is 42.8 Å². The van der Waals surface area contributed by atoms with Crippen LogP contribution < -0.4 is 0 Å². The van der Waals surface area contributed by atoms with Crippen molar-refractivity contribution >= 4 is 40.1 Å². The highest BCUT2D eigenvalue weighted by Gasteiger charge is 2.28. The number of hydrogen-bond acceptors (Lipinski definition) is 4. The molecule has 30 heavy (non-hydrogen) atoms. The number of rotatable bonds is 2. The van der Waals surface area contributed by atoms with E-state index in [0.717, 1.165) is 28.0 Å². The van der Waals surface area contributed by atoms with Crippen LogP contribution in [0.25, 0.3) is 22.3 Å². The Hall–Kier alpha value is -2.96. The Bertz CT molecular complexity index is 1280. The molecule has 1 amide bonds. The molecule has 1 aliphatic rings. The van der Waals surface area contributed by atoms with Crippen LogP contribution in [-0.2, 0) is 20.0 Å². The Morgan fingerprint density at radius 1 is 1.00 bits per heavy atom. The second-order valence-electron chi connectivity index (χ2n) is 7.29. The molecule has 0 spiro atoms. The topological polar surface area (TPSA) is 63.9 Å². The predicted octanol–water partition coefficient (Wildman–Crippen LogP) is 4.54. The van der Waals surface area contributed by atoms with E-state index in [1.54, 1.807) is 30.6 Å². The lowest BCUT2D eigenvalue weighted by Gasteiger charge is -2.26. The third-order valence-corrected chi connectivity index (χ3v) is 5.78. The maximum absolute atomic E-state index is 13.1. The molecule has 0 bridgehead atoms. The van der Waals surface area contributed by atoms with Crippen LogP contribution in [0.4, 0.5) is 0 Å². The van der Waals surface area contributed by atoms with Crippen molar-refractivity contribution in [3.05, 3.63) is 75.7 Å². The van der Waals surface area contributed by atoms with Gasteiger partial charge in [0, 0.05) is 52.7 Å². The van der Waals surface area contributed by atoms with E-state index in [1.165, 1.54) is 0 Å². The molecule has 5 rings (SSSR count). The molecule has 8 heteroatoms. The molecule has 0 atom stereocenters. The molecule has 0 radical (unpaired) electrons. The molecule has 4 aromatic rings. The standard InChI is InChI=1S/C22H17Cl2N5O/c1-28-21(14-8-15(23)11-16(24)9-14)17-4-7-29(12-20(17)27-28)22(30)13-2-3-18-19(10-13)26-6-5-25-18/h2-3,5-6,8-11H,4,7,12H2,1H3. The van der Waals surface area contributed by atoms with Crippen LogP contribution in [-0.4, -0.2) is 37.1 Å². The molecule has 1 aliphatic heterocycles. The van der Waals surface area contributed by atoms with Crippen LogP contribution in [0.3, 0.4) is 0 Å². The number of nitrogens with zero attached hydrogens (tertiary/aromatic N) is 5. The number of amides is 1. The lowest BCUT2D eigenvalue weighted by Crippen LogP contribution is -2.36. The summed E-state index contributed by atoms with van der Waals surface area (Å²) in [7, 11) is 1.90. The second kappa shape index (κ2) is 7.38. The van der Waals surface area contributed by atoms with Gasteiger partial charge in [0.25, 0.3) is 5.91 Å². The van der Waals surface area contributed by atoms with Crippen LogP contribution in [0.5, 0.6) is 0 Å². The van der Waals surface area contributed by atoms with Crippen molar-refractivity contribution in [3.8, 4) is 11.3 Å². The number of fused-ring (bicyclic) bond motifs is 2. The van der Waals surface area contributed by atoms with Gasteiger partial charge in [0.2, 0.25) is 0 Å². The van der Waals surface area contributed by atoms with Crippen molar-refractivity contribution < 1.29 is 4.79 Å². The monoisotopic (exact) mass is 437 g/mol. The van der Waals surface area contributed by atoms with E-state index in [-0.39, 0.29) is 5.91 Å². The van der Waals surface area contributed by atoms with Crippen molar-refractivity contribution in [2.75, 3.05) is 6.54 Å². The fourth-order valence-corrected chi connectivity index (χ4v) is 4.55. The van der Waals surface area contributed by atoms with Gasteiger partial charge >= 0.3 is 0 Å². The zero-order chi connectivity index (χ0) is 20.8. The number of benzene rings is 2. The third kappa shape index (κ3) is 3.32. The van der Waals surface area contributed by atoms with Crippen molar-refractivity contribution in [1.82, 2.24) is 24.6 Å². The summed E-state index contributed by atoms with van der Waals surface area (Å²) in [5.41, 5.74) is 6.01. The smallest absolute Gasteiger partial charge is 0.254 e. The first-order chi connectivity index (χ1) is 14.5. The van der Waals surface area contributed by atoms with Gasteiger partial charge in [0.1, 0.15) is 0 Å². The number of aromatic nitrogens is 4. The average molecular weight is 438 g/mol. The quantitative estimate of drug-likeness (QED) is 0.461. The molecule has 3 heterocycles. The molecule has 0 saturated heterocycles. The summed E-state index contributed by atoms with van der Waals surface area (Å²) in [6, 6.07) is 10.9. The predicted molar refractivity (Wildman–Crippen MR) is 117 cm³/mol. The highest BCUT2D eigenvalue weighted by atomic mass is 35.5. The van der Waals surface area contributed by atoms with Gasteiger partial charge in [-0.25, -0.2) is 0 Å². The summed E-state index contributed by atoms with van der Waals surface area (Å²) < 4.78 is 1.84. The highest BCUT2D eigenvalue weighted by molar-refractivity contribution is 6.35. The fourth-order valence-electron chi connectivity index (χ4n) is 4.02. The maximum Gasteiger partial charge on any atom is 0.254 e. The van der Waals surface area contributed by atoms with Crippen molar-refractivity contribution in [1.29, 1.82) is 0 Å². The van der Waals surface area contributed by atoms with Gasteiger partial charge in [0.05, 0.1) is 29.0 Å². The zero-order valence-corrected chi connectivity index (χ0v) is 17.7. The van der Waals surface area contributed by atoms with Gasteiger partial charge in [0.15, 0.2) is 0 Å². The summed E-state index contributed by atoms with van der Waals surface area (Å²) >= 11 is 12.4. The third-order valence-electron chi connectivity index (χ3n) is 5.34. The van der Waals surface area contributed by atoms with Crippen molar-refractivity contribution in [3.63, 3.8) is 0 Å². The van der Waals surface area contributed by atoms with Crippen molar-refractivity contribution in [2.24, 2.45) is 7.05 Å². The van der Waals surface area contributed by atoms with E-state index in [9.17, 15) is 4.79 Å². The van der Waals surface area contributed by atoms with Gasteiger partial charge < -0.3 is 4.90 Å². The summed E-state index contributed by atoms with van der Waals surface area (Å²) in [5, 5.41) is 5.84. The molecular formula is C22H17Cl2N5O. The molecule has 2 aromatic carbocycles. The van der Waals surface area contributed by atoms with Crippen LogP contribution in [0, 0.1) is 0 Å². The van der Waals surface area contributed by atoms with Crippen LogP contribution in [0.2, 0.25) is 10.0 Å². The van der Waals surface area contributed by atoms with Crippen molar-refractivity contribution in [2.45, 2.75) is 13.0 Å². The van der Waals surface area contributed by atoms with Gasteiger partial charge in [-0.1, -0.05) is 23.2 Å². The molecule has 0 aliphatic carbocycles. The minimum Gasteiger partial charge on any atom is -0.332 e. The molecule has 0 unspecified atom stereocenters. The Morgan fingerprint density at radius 2 is 1.73 bits per heavy atom. The number of aryl methyl sites for hydroxylation is 1. The largest absolute Gasteiger partial charge is 0.332 e. The summed E-state index contributed by atoms with van der Waals surface area (Å²) in [6.07, 6.45) is 3.98. The molecule has 0 saturated carbocycles. The molecule has 6 nitrogen and oxygen atoms in total. The lowest BCUT2D eigenvalue weighted by atomic mass is 9.99. The highest BCUT2D eigenvalue weighted by Crippen LogP contribution is 2.33. The average Bonchev–Trinajstić information content (AvgIpc) is 3.07. The van der Waals surface area contributed by atoms with Crippen LogP contribution >= 0.6 is 23.2 Å². The lowest BCUT2D eigenvalue weighted by molar-refractivity contribution is 0.0732. The normalized spacial score (nSPS) is 13.5. The van der Waals surface area contributed by atoms with Gasteiger partial charge in [-0.15, -0.1) is 0 Å². The van der Waals surface area contributed by atoms with E-state index in [4.69, 9.17) is 23.2 Å². The van der Waals surface area contributed by atoms with Gasteiger partial charge in [-0.2, -0.15) is 5.10 Å². The molecule has 150 valence electrons. The Balaban J connectivity index is 1.46. The molecule has 2 aromatic heterocycles. The first kappa shape index (κ1) is 19.0. The minimum atomic E-state index is -0.0359. The van der Waals surface area contributed by atoms with Crippen LogP contribution in [0.15, 0.2) is 48.8 Å². The zero-order valence-electron chi connectivity index (χ0n) is 16.1. The maximum atomic E-state index is 13.1. The number of carbonyl (C=O) groups excluding carboxylic acids is 1. The first-order valence-electron chi connectivity index (χ1n) is 9.51. The van der Waals surface area contributed by atoms with E-state index < -0.39 is 0 Å². The molecule has 0 N–H and O–H groups in total. The number of carbonyl (C=O) groups is 1. The van der Waals surface area contributed by atoms with Crippen LogP contribution in [0.1, 0.15) is 21.6 Å². The van der Waals surface area contributed by atoms with E-state index >= 15 is 0 Å². The molecular weight excluding hydrogens is 421 g/mol. The summed E-state index contributed by atoms with van der Waals surface area (Å²) in [5.74, 6) is -0.0359. The van der Waals surface area contributed by atoms with E-state index in [2.05, 4.69) is 15.1 Å². The van der Waals surface area contributed by atoms with E-state index in [1.807, 2.05) is 34.8 Å². The minimum absolute atomic E-state index is 0.0359. The van der Waals surface area contributed by atoms with Gasteiger partial charge in [-0.3, -0.25) is 19.4 Å². The number of hydrogen-bond donors (Lipinski definition) is 0. The van der Waals surface area contributed by atoms with E-state index in [0.29, 0.717) is 40.6 Å². The first-order valence-corrected chi connectivity index (χ1v) is 10.3. The SMILES string of the molecule is Cn1nc2c(c1-c1cc(Cl)cc(Cl)c1)CCN(C(=O)c1ccc3nccnc3c1)C2. The Kier molecular flexibility index (Phi) is 4.68. The summed E-state index contributed by atoms with van der Waals surface area (Å²) in [6.45, 7) is 1.06. The Labute approximate surface area is 183 Å².